The monoisotopic (exact) mass is 284 g/mol. The molecular weight excluding hydrogens is 276 g/mol. The highest BCUT2D eigenvalue weighted by molar-refractivity contribution is 9.10. The lowest BCUT2D eigenvalue weighted by atomic mass is 10.2. The van der Waals surface area contributed by atoms with E-state index in [1.165, 1.54) is 12.3 Å². The van der Waals surface area contributed by atoms with Crippen molar-refractivity contribution in [3.05, 3.63) is 22.3 Å². The first kappa shape index (κ1) is 12.5. The van der Waals surface area contributed by atoms with Crippen LogP contribution in [0.1, 0.15) is 10.4 Å². The van der Waals surface area contributed by atoms with Crippen molar-refractivity contribution >= 4 is 27.7 Å². The predicted octanol–water partition coefficient (Wildman–Crippen LogP) is 0.950. The molecule has 0 saturated carbocycles. The fraction of sp³-hybridized carbons (Fsp3) is 0.200. The van der Waals surface area contributed by atoms with Crippen LogP contribution in [0.15, 0.2) is 16.7 Å². The van der Waals surface area contributed by atoms with Crippen molar-refractivity contribution in [1.82, 2.24) is 4.98 Å². The number of carboxylic acid groups (broad SMARTS) is 1. The lowest BCUT2D eigenvalue weighted by Crippen LogP contribution is -2.08. The minimum absolute atomic E-state index is 0.0696. The van der Waals surface area contributed by atoms with Gasteiger partial charge in [0.05, 0.1) is 6.54 Å². The van der Waals surface area contributed by atoms with Crippen LogP contribution >= 0.6 is 15.9 Å². The third kappa shape index (κ3) is 3.53. The molecule has 3 N–H and O–H groups in total. The van der Waals surface area contributed by atoms with E-state index in [9.17, 15) is 4.79 Å². The van der Waals surface area contributed by atoms with Gasteiger partial charge in [0.2, 0.25) is 0 Å². The summed E-state index contributed by atoms with van der Waals surface area (Å²) < 4.78 is 0.594. The molecule has 0 unspecified atom stereocenters. The molecule has 0 aliphatic heterocycles. The van der Waals surface area contributed by atoms with Gasteiger partial charge in [0.15, 0.2) is 0 Å². The number of nitrogens with one attached hydrogen (secondary N) is 1. The molecule has 0 radical (unpaired) electrons. The SMILES string of the molecule is O=C(O)c1cc(Br)cnc1NCC#CCO. The number of anilines is 1. The van der Waals surface area contributed by atoms with E-state index < -0.39 is 5.97 Å². The largest absolute Gasteiger partial charge is 0.478 e. The predicted molar refractivity (Wildman–Crippen MR) is 62.2 cm³/mol. The highest BCUT2D eigenvalue weighted by Gasteiger charge is 2.11. The summed E-state index contributed by atoms with van der Waals surface area (Å²) in [5, 5.41) is 20.1. The fourth-order valence-corrected chi connectivity index (χ4v) is 1.32. The summed E-state index contributed by atoms with van der Waals surface area (Å²) in [6.45, 7) is 0.0106. The number of pyridine rings is 1. The van der Waals surface area contributed by atoms with E-state index in [2.05, 4.69) is 38.1 Å². The Labute approximate surface area is 101 Å². The quantitative estimate of drug-likeness (QED) is 0.720. The van der Waals surface area contributed by atoms with Gasteiger partial charge in [-0.25, -0.2) is 9.78 Å². The maximum atomic E-state index is 10.9. The molecule has 84 valence electrons. The number of hydrogen-bond donors (Lipinski definition) is 3. The Kier molecular flexibility index (Phi) is 4.76. The number of aromatic nitrogens is 1. The molecule has 1 aromatic rings. The number of rotatable bonds is 3. The van der Waals surface area contributed by atoms with Crippen molar-refractivity contribution in [3.63, 3.8) is 0 Å². The van der Waals surface area contributed by atoms with Gasteiger partial charge in [-0.1, -0.05) is 11.8 Å². The molecule has 0 atom stereocenters. The average molecular weight is 285 g/mol. The lowest BCUT2D eigenvalue weighted by molar-refractivity contribution is 0.0697. The molecule has 6 heteroatoms. The van der Waals surface area contributed by atoms with E-state index >= 15 is 0 Å². The Morgan fingerprint density at radius 3 is 2.94 bits per heavy atom. The Morgan fingerprint density at radius 2 is 2.31 bits per heavy atom. The molecule has 0 fully saturated rings. The van der Waals surface area contributed by atoms with Crippen molar-refractivity contribution < 1.29 is 15.0 Å². The number of nitrogens with zero attached hydrogens (tertiary/aromatic N) is 1. The number of hydrogen-bond acceptors (Lipinski definition) is 4. The summed E-state index contributed by atoms with van der Waals surface area (Å²) in [6.07, 6.45) is 1.49. The average Bonchev–Trinajstić information content (AvgIpc) is 2.26. The minimum atomic E-state index is -1.06. The smallest absolute Gasteiger partial charge is 0.339 e. The zero-order valence-electron chi connectivity index (χ0n) is 8.20. The van der Waals surface area contributed by atoms with Gasteiger partial charge in [0, 0.05) is 10.7 Å². The number of aliphatic hydroxyl groups excluding tert-OH is 1. The molecule has 5 nitrogen and oxygen atoms in total. The summed E-state index contributed by atoms with van der Waals surface area (Å²) in [5.41, 5.74) is 0.0696. The summed E-state index contributed by atoms with van der Waals surface area (Å²) in [6, 6.07) is 1.46. The van der Waals surface area contributed by atoms with Gasteiger partial charge in [0.25, 0.3) is 0 Å². The third-order valence-electron chi connectivity index (χ3n) is 1.63. The highest BCUT2D eigenvalue weighted by atomic mass is 79.9. The van der Waals surface area contributed by atoms with Crippen molar-refractivity contribution in [1.29, 1.82) is 0 Å². The second-order valence-electron chi connectivity index (χ2n) is 2.72. The van der Waals surface area contributed by atoms with Crippen LogP contribution in [0.3, 0.4) is 0 Å². The van der Waals surface area contributed by atoms with Crippen LogP contribution in [0.25, 0.3) is 0 Å². The van der Waals surface area contributed by atoms with E-state index in [1.807, 2.05) is 0 Å². The van der Waals surface area contributed by atoms with Gasteiger partial charge in [-0.3, -0.25) is 0 Å². The maximum absolute atomic E-state index is 10.9. The van der Waals surface area contributed by atoms with Crippen LogP contribution in [0.2, 0.25) is 0 Å². The Hall–Kier alpha value is -1.58. The summed E-state index contributed by atoms with van der Waals surface area (Å²) in [5.74, 6) is 4.23. The second-order valence-corrected chi connectivity index (χ2v) is 3.64. The van der Waals surface area contributed by atoms with Crippen LogP contribution in [-0.2, 0) is 0 Å². The number of aromatic carboxylic acids is 1. The van der Waals surface area contributed by atoms with E-state index in [1.54, 1.807) is 0 Å². The molecule has 0 saturated heterocycles. The van der Waals surface area contributed by atoms with Crippen molar-refractivity contribution in [2.45, 2.75) is 0 Å². The molecule has 0 aliphatic rings. The summed E-state index contributed by atoms with van der Waals surface area (Å²) in [7, 11) is 0. The molecule has 1 rings (SSSR count). The zero-order chi connectivity index (χ0) is 12.0. The third-order valence-corrected chi connectivity index (χ3v) is 2.07. The van der Waals surface area contributed by atoms with Gasteiger partial charge in [0.1, 0.15) is 18.0 Å². The first-order chi connectivity index (χ1) is 7.65. The first-order valence-electron chi connectivity index (χ1n) is 4.34. The van der Waals surface area contributed by atoms with E-state index in [4.69, 9.17) is 10.2 Å². The summed E-state index contributed by atoms with van der Waals surface area (Å²) >= 11 is 3.14. The van der Waals surface area contributed by atoms with Crippen LogP contribution < -0.4 is 5.32 Å². The fourth-order valence-electron chi connectivity index (χ4n) is 0.989. The molecule has 0 spiro atoms. The molecule has 1 heterocycles. The number of aliphatic hydroxyl groups is 1. The second kappa shape index (κ2) is 6.10. The molecular formula is C10H9BrN2O3. The highest BCUT2D eigenvalue weighted by Crippen LogP contribution is 2.17. The molecule has 0 amide bonds. The van der Waals surface area contributed by atoms with Gasteiger partial charge >= 0.3 is 5.97 Å². The Balaban J connectivity index is 2.82. The van der Waals surface area contributed by atoms with E-state index in [0.717, 1.165) is 0 Å². The van der Waals surface area contributed by atoms with Crippen LogP contribution in [0.4, 0.5) is 5.82 Å². The Bertz CT molecular complexity index is 451. The van der Waals surface area contributed by atoms with Crippen LogP contribution in [0, 0.1) is 11.8 Å². The number of carboxylic acids is 1. The Morgan fingerprint density at radius 1 is 1.56 bits per heavy atom. The zero-order valence-corrected chi connectivity index (χ0v) is 9.78. The first-order valence-corrected chi connectivity index (χ1v) is 5.13. The normalized spacial score (nSPS) is 9.12. The number of carbonyl (C=O) groups is 1. The molecule has 0 aliphatic carbocycles. The molecule has 0 aromatic carbocycles. The van der Waals surface area contributed by atoms with Crippen molar-refractivity contribution in [2.75, 3.05) is 18.5 Å². The lowest BCUT2D eigenvalue weighted by Gasteiger charge is -2.05. The van der Waals surface area contributed by atoms with Crippen LogP contribution in [0.5, 0.6) is 0 Å². The standard InChI is InChI=1S/C10H9BrN2O3/c11-7-5-8(10(15)16)9(13-6-7)12-3-1-2-4-14/h5-6,14H,3-4H2,(H,12,13)(H,15,16). The van der Waals surface area contributed by atoms with E-state index in [0.29, 0.717) is 4.47 Å². The summed E-state index contributed by atoms with van der Waals surface area (Å²) in [4.78, 5) is 14.8. The molecule has 1 aromatic heterocycles. The van der Waals surface area contributed by atoms with Crippen LogP contribution in [-0.4, -0.2) is 34.3 Å². The number of halogens is 1. The molecule has 16 heavy (non-hydrogen) atoms. The van der Waals surface area contributed by atoms with Crippen molar-refractivity contribution in [2.24, 2.45) is 0 Å². The van der Waals surface area contributed by atoms with E-state index in [-0.39, 0.29) is 24.5 Å². The van der Waals surface area contributed by atoms with Crippen molar-refractivity contribution in [3.8, 4) is 11.8 Å². The van der Waals surface area contributed by atoms with Gasteiger partial charge < -0.3 is 15.5 Å². The van der Waals surface area contributed by atoms with Gasteiger partial charge in [-0.15, -0.1) is 0 Å². The minimum Gasteiger partial charge on any atom is -0.478 e. The maximum Gasteiger partial charge on any atom is 0.339 e. The molecule has 0 bridgehead atoms. The van der Waals surface area contributed by atoms with Gasteiger partial charge in [-0.05, 0) is 22.0 Å². The van der Waals surface area contributed by atoms with Gasteiger partial charge in [-0.2, -0.15) is 0 Å². The topological polar surface area (TPSA) is 82.5 Å².